The number of hydrogen-bond donors (Lipinski definition) is 2. The number of carbonyl (C=O) groups excluding carboxylic acids is 1. The molecule has 1 amide bonds. The van der Waals surface area contributed by atoms with Gasteiger partial charge in [0, 0.05) is 28.9 Å². The van der Waals surface area contributed by atoms with E-state index >= 15 is 0 Å². The highest BCUT2D eigenvalue weighted by Gasteiger charge is 2.06. The SMILES string of the molecule is Nc1ccc(C(=O)NCCCOCc2ccco2)cc1Br. The summed E-state index contributed by atoms with van der Waals surface area (Å²) in [5, 5.41) is 2.84. The molecule has 0 spiro atoms. The number of carbonyl (C=O) groups is 1. The zero-order valence-electron chi connectivity index (χ0n) is 11.5. The number of nitrogens with one attached hydrogen (secondary N) is 1. The zero-order valence-corrected chi connectivity index (χ0v) is 13.1. The molecule has 0 aliphatic heterocycles. The van der Waals surface area contributed by atoms with Crippen LogP contribution in [0.2, 0.25) is 0 Å². The normalized spacial score (nSPS) is 10.5. The molecule has 3 N–H and O–H groups in total. The average Bonchev–Trinajstić information content (AvgIpc) is 2.98. The van der Waals surface area contributed by atoms with Gasteiger partial charge in [-0.2, -0.15) is 0 Å². The number of ether oxygens (including phenoxy) is 1. The van der Waals surface area contributed by atoms with E-state index in [-0.39, 0.29) is 5.91 Å². The summed E-state index contributed by atoms with van der Waals surface area (Å²) in [4.78, 5) is 11.9. The predicted octanol–water partition coefficient (Wildman–Crippen LogP) is 2.96. The van der Waals surface area contributed by atoms with E-state index < -0.39 is 0 Å². The van der Waals surface area contributed by atoms with Crippen LogP contribution in [0, 0.1) is 0 Å². The Morgan fingerprint density at radius 2 is 2.24 bits per heavy atom. The lowest BCUT2D eigenvalue weighted by Crippen LogP contribution is -2.25. The number of nitrogens with two attached hydrogens (primary N) is 1. The molecule has 1 aromatic carbocycles. The molecule has 6 heteroatoms. The molecular formula is C15H17BrN2O3. The molecule has 112 valence electrons. The fourth-order valence-electron chi connectivity index (χ4n) is 1.71. The van der Waals surface area contributed by atoms with Crippen LogP contribution in [0.4, 0.5) is 5.69 Å². The van der Waals surface area contributed by atoms with Crippen molar-refractivity contribution in [3.63, 3.8) is 0 Å². The summed E-state index contributed by atoms with van der Waals surface area (Å²) < 4.78 is 11.3. The maximum Gasteiger partial charge on any atom is 0.251 e. The van der Waals surface area contributed by atoms with Crippen LogP contribution in [0.5, 0.6) is 0 Å². The highest BCUT2D eigenvalue weighted by atomic mass is 79.9. The Bertz CT molecular complexity index is 585. The van der Waals surface area contributed by atoms with E-state index in [4.69, 9.17) is 14.9 Å². The van der Waals surface area contributed by atoms with Crippen molar-refractivity contribution in [1.29, 1.82) is 0 Å². The van der Waals surface area contributed by atoms with Crippen LogP contribution < -0.4 is 11.1 Å². The number of rotatable bonds is 7. The first kappa shape index (κ1) is 15.6. The molecule has 0 radical (unpaired) electrons. The fourth-order valence-corrected chi connectivity index (χ4v) is 2.09. The summed E-state index contributed by atoms with van der Waals surface area (Å²) >= 11 is 3.30. The third kappa shape index (κ3) is 4.91. The van der Waals surface area contributed by atoms with Crippen molar-refractivity contribution in [2.45, 2.75) is 13.0 Å². The topological polar surface area (TPSA) is 77.5 Å². The second kappa shape index (κ2) is 7.85. The molecule has 1 heterocycles. The minimum absolute atomic E-state index is 0.123. The van der Waals surface area contributed by atoms with E-state index in [1.807, 2.05) is 12.1 Å². The number of nitrogen functional groups attached to an aromatic ring is 1. The van der Waals surface area contributed by atoms with Gasteiger partial charge < -0.3 is 20.2 Å². The number of hydrogen-bond acceptors (Lipinski definition) is 4. The molecule has 5 nitrogen and oxygen atoms in total. The summed E-state index contributed by atoms with van der Waals surface area (Å²) in [7, 11) is 0. The van der Waals surface area contributed by atoms with E-state index in [0.717, 1.165) is 16.7 Å². The first-order chi connectivity index (χ1) is 10.2. The molecule has 0 unspecified atom stereocenters. The monoisotopic (exact) mass is 352 g/mol. The van der Waals surface area contributed by atoms with E-state index in [0.29, 0.717) is 31.0 Å². The minimum atomic E-state index is -0.123. The summed E-state index contributed by atoms with van der Waals surface area (Å²) in [5.74, 6) is 0.674. The summed E-state index contributed by atoms with van der Waals surface area (Å²) in [6.07, 6.45) is 2.35. The Labute approximate surface area is 131 Å². The second-order valence-electron chi connectivity index (χ2n) is 4.48. The highest BCUT2D eigenvalue weighted by Crippen LogP contribution is 2.20. The van der Waals surface area contributed by atoms with Crippen molar-refractivity contribution in [3.8, 4) is 0 Å². The maximum atomic E-state index is 11.9. The minimum Gasteiger partial charge on any atom is -0.467 e. The van der Waals surface area contributed by atoms with Crippen molar-refractivity contribution < 1.29 is 13.9 Å². The van der Waals surface area contributed by atoms with Crippen LogP contribution >= 0.6 is 15.9 Å². The number of furan rings is 1. The molecule has 2 aromatic rings. The second-order valence-corrected chi connectivity index (χ2v) is 5.33. The molecule has 0 atom stereocenters. The van der Waals surface area contributed by atoms with Gasteiger partial charge in [0.1, 0.15) is 12.4 Å². The number of anilines is 1. The van der Waals surface area contributed by atoms with Crippen LogP contribution in [0.1, 0.15) is 22.5 Å². The van der Waals surface area contributed by atoms with Crippen molar-refractivity contribution in [2.75, 3.05) is 18.9 Å². The van der Waals surface area contributed by atoms with Crippen LogP contribution in [0.15, 0.2) is 45.5 Å². The number of halogens is 1. The third-order valence-electron chi connectivity index (χ3n) is 2.84. The van der Waals surface area contributed by atoms with Gasteiger partial charge in [-0.05, 0) is 52.7 Å². The molecule has 0 aliphatic rings. The van der Waals surface area contributed by atoms with Gasteiger partial charge in [0.2, 0.25) is 0 Å². The summed E-state index contributed by atoms with van der Waals surface area (Å²) in [6, 6.07) is 8.79. The van der Waals surface area contributed by atoms with E-state index in [9.17, 15) is 4.79 Å². The summed E-state index contributed by atoms with van der Waals surface area (Å²) in [5.41, 5.74) is 6.87. The van der Waals surface area contributed by atoms with E-state index in [1.54, 1.807) is 24.5 Å². The summed E-state index contributed by atoms with van der Waals surface area (Å²) in [6.45, 7) is 1.57. The molecule has 0 bridgehead atoms. The van der Waals surface area contributed by atoms with Gasteiger partial charge >= 0.3 is 0 Å². The van der Waals surface area contributed by atoms with Crippen LogP contribution in [-0.2, 0) is 11.3 Å². The van der Waals surface area contributed by atoms with Gasteiger partial charge in [-0.15, -0.1) is 0 Å². The molecule has 0 saturated carbocycles. The average molecular weight is 353 g/mol. The van der Waals surface area contributed by atoms with Gasteiger partial charge in [-0.1, -0.05) is 0 Å². The van der Waals surface area contributed by atoms with Crippen LogP contribution in [-0.4, -0.2) is 19.1 Å². The molecule has 21 heavy (non-hydrogen) atoms. The highest BCUT2D eigenvalue weighted by molar-refractivity contribution is 9.10. The van der Waals surface area contributed by atoms with Gasteiger partial charge in [-0.25, -0.2) is 0 Å². The molecular weight excluding hydrogens is 336 g/mol. The first-order valence-corrected chi connectivity index (χ1v) is 7.39. The number of benzene rings is 1. The Morgan fingerprint density at radius 3 is 2.95 bits per heavy atom. The fraction of sp³-hybridized carbons (Fsp3) is 0.267. The standard InChI is InChI=1S/C15H17BrN2O3/c16-13-9-11(4-5-14(13)17)15(19)18-6-2-7-20-10-12-3-1-8-21-12/h1,3-5,8-9H,2,6-7,10,17H2,(H,18,19). The lowest BCUT2D eigenvalue weighted by Gasteiger charge is -2.07. The lowest BCUT2D eigenvalue weighted by molar-refractivity contribution is 0.0917. The third-order valence-corrected chi connectivity index (χ3v) is 3.52. The Morgan fingerprint density at radius 1 is 1.38 bits per heavy atom. The van der Waals surface area contributed by atoms with Crippen LogP contribution in [0.25, 0.3) is 0 Å². The largest absolute Gasteiger partial charge is 0.467 e. The zero-order chi connectivity index (χ0) is 15.1. The van der Waals surface area contributed by atoms with E-state index in [2.05, 4.69) is 21.2 Å². The Balaban J connectivity index is 1.63. The van der Waals surface area contributed by atoms with Gasteiger partial charge in [0.05, 0.1) is 6.26 Å². The maximum absolute atomic E-state index is 11.9. The molecule has 0 aliphatic carbocycles. The van der Waals surface area contributed by atoms with Gasteiger partial charge in [0.25, 0.3) is 5.91 Å². The van der Waals surface area contributed by atoms with Gasteiger partial charge in [-0.3, -0.25) is 4.79 Å². The Hall–Kier alpha value is -1.79. The van der Waals surface area contributed by atoms with Crippen molar-refractivity contribution >= 4 is 27.5 Å². The van der Waals surface area contributed by atoms with Crippen molar-refractivity contribution in [1.82, 2.24) is 5.32 Å². The van der Waals surface area contributed by atoms with Gasteiger partial charge in [0.15, 0.2) is 0 Å². The molecule has 0 saturated heterocycles. The lowest BCUT2D eigenvalue weighted by atomic mass is 10.2. The van der Waals surface area contributed by atoms with E-state index in [1.165, 1.54) is 0 Å². The first-order valence-electron chi connectivity index (χ1n) is 6.60. The Kier molecular flexibility index (Phi) is 5.83. The van der Waals surface area contributed by atoms with Crippen LogP contribution in [0.3, 0.4) is 0 Å². The predicted molar refractivity (Wildman–Crippen MR) is 83.9 cm³/mol. The van der Waals surface area contributed by atoms with Crippen molar-refractivity contribution in [2.24, 2.45) is 0 Å². The molecule has 1 aromatic heterocycles. The quantitative estimate of drug-likeness (QED) is 0.593. The molecule has 0 fully saturated rings. The van der Waals surface area contributed by atoms with Crippen molar-refractivity contribution in [3.05, 3.63) is 52.4 Å². The smallest absolute Gasteiger partial charge is 0.251 e. The number of amides is 1. The molecule has 2 rings (SSSR count).